The van der Waals surface area contributed by atoms with E-state index in [0.29, 0.717) is 42.2 Å². The number of alkyl halides is 3. The van der Waals surface area contributed by atoms with Gasteiger partial charge in [0.2, 0.25) is 0 Å². The summed E-state index contributed by atoms with van der Waals surface area (Å²) in [5.41, 5.74) is 10.5. The van der Waals surface area contributed by atoms with E-state index in [1.807, 2.05) is 41.9 Å². The van der Waals surface area contributed by atoms with Crippen LogP contribution in [-0.4, -0.2) is 57.4 Å². The van der Waals surface area contributed by atoms with E-state index in [1.165, 1.54) is 0 Å². The van der Waals surface area contributed by atoms with E-state index in [4.69, 9.17) is 16.1 Å². The van der Waals surface area contributed by atoms with E-state index in [-0.39, 0.29) is 30.5 Å². The molecule has 0 aliphatic carbocycles. The molecule has 14 heteroatoms. The fraction of sp³-hybridized carbons (Fsp3) is 0.276. The molecule has 11 nitrogen and oxygen atoms in total. The van der Waals surface area contributed by atoms with Crippen LogP contribution in [0, 0.1) is 15.5 Å². The SMILES string of the molecule is Cn1c(CCc2ccc(C(=N)N)cc2)nc2cc(C(=O)NN3CCN(c4ccc(C(F)(F)F)cc4[N+](=O)[O-])CC3)ccc21. The van der Waals surface area contributed by atoms with Crippen LogP contribution in [0.1, 0.15) is 32.9 Å². The summed E-state index contributed by atoms with van der Waals surface area (Å²) in [5.74, 6) is 0.541. The standard InChI is InChI=1S/C29H29F3N8O3/c1-37-23-9-7-20(16-22(23)35-26(37)11-4-18-2-5-19(6-3-18)27(33)34)28(41)36-39-14-12-38(13-15-39)24-10-8-21(29(30,31)32)17-25(24)40(42)43/h2-3,5-10,16-17H,4,11-15H2,1H3,(H3,33,34)(H,36,41). The topological polar surface area (TPSA) is 146 Å². The molecule has 0 radical (unpaired) electrons. The molecule has 1 saturated heterocycles. The summed E-state index contributed by atoms with van der Waals surface area (Å²) >= 11 is 0. The quantitative estimate of drug-likeness (QED) is 0.121. The molecule has 4 aromatic rings. The summed E-state index contributed by atoms with van der Waals surface area (Å²) in [7, 11) is 1.92. The summed E-state index contributed by atoms with van der Waals surface area (Å²) in [4.78, 5) is 30.1. The molecule has 43 heavy (non-hydrogen) atoms. The number of aryl methyl sites for hydroxylation is 3. The van der Waals surface area contributed by atoms with Gasteiger partial charge in [-0.2, -0.15) is 13.2 Å². The minimum atomic E-state index is -4.68. The second-order valence-electron chi connectivity index (χ2n) is 10.3. The number of imidazole rings is 1. The smallest absolute Gasteiger partial charge is 0.384 e. The lowest BCUT2D eigenvalue weighted by molar-refractivity contribution is -0.384. The fourth-order valence-corrected chi connectivity index (χ4v) is 5.10. The molecule has 1 aliphatic rings. The largest absolute Gasteiger partial charge is 0.416 e. The molecule has 0 unspecified atom stereocenters. The van der Waals surface area contributed by atoms with Gasteiger partial charge in [-0.3, -0.25) is 25.7 Å². The molecule has 224 valence electrons. The van der Waals surface area contributed by atoms with Crippen molar-refractivity contribution in [3.05, 3.63) is 98.9 Å². The summed E-state index contributed by atoms with van der Waals surface area (Å²) in [6, 6.07) is 15.3. The van der Waals surface area contributed by atoms with Crippen LogP contribution in [0.25, 0.3) is 11.0 Å². The third-order valence-corrected chi connectivity index (χ3v) is 7.52. The molecule has 2 heterocycles. The molecular weight excluding hydrogens is 565 g/mol. The molecule has 1 aromatic heterocycles. The molecule has 3 aromatic carbocycles. The first kappa shape index (κ1) is 29.5. The number of nitrogens with one attached hydrogen (secondary N) is 2. The number of amidine groups is 1. The van der Waals surface area contributed by atoms with Gasteiger partial charge in [0.05, 0.1) is 21.5 Å². The summed E-state index contributed by atoms with van der Waals surface area (Å²) in [6.45, 7) is 1.17. The van der Waals surface area contributed by atoms with E-state index in [0.717, 1.165) is 35.5 Å². The fourth-order valence-electron chi connectivity index (χ4n) is 5.10. The third kappa shape index (κ3) is 6.43. The Hall–Kier alpha value is -4.98. The van der Waals surface area contributed by atoms with Gasteiger partial charge in [0.1, 0.15) is 17.3 Å². The lowest BCUT2D eigenvalue weighted by Crippen LogP contribution is -2.53. The minimum absolute atomic E-state index is 0.0217. The average molecular weight is 595 g/mol. The van der Waals surface area contributed by atoms with Crippen LogP contribution in [0.2, 0.25) is 0 Å². The number of benzene rings is 3. The number of piperazine rings is 1. The number of carbonyl (C=O) groups is 1. The maximum absolute atomic E-state index is 13.1. The van der Waals surface area contributed by atoms with Crippen LogP contribution in [0.4, 0.5) is 24.5 Å². The van der Waals surface area contributed by atoms with Gasteiger partial charge in [0.25, 0.3) is 11.6 Å². The Morgan fingerprint density at radius 1 is 1.02 bits per heavy atom. The number of hydrogen-bond donors (Lipinski definition) is 3. The Kier molecular flexibility index (Phi) is 8.04. The molecule has 1 aliphatic heterocycles. The van der Waals surface area contributed by atoms with Crippen molar-refractivity contribution in [3.63, 3.8) is 0 Å². The molecule has 0 atom stereocenters. The van der Waals surface area contributed by atoms with Gasteiger partial charge in [0, 0.05) is 56.8 Å². The number of nitrogens with zero attached hydrogens (tertiary/aromatic N) is 5. The molecule has 0 spiro atoms. The molecule has 1 fully saturated rings. The van der Waals surface area contributed by atoms with Gasteiger partial charge in [-0.1, -0.05) is 24.3 Å². The van der Waals surface area contributed by atoms with Gasteiger partial charge < -0.3 is 15.2 Å². The van der Waals surface area contributed by atoms with Crippen LogP contribution < -0.4 is 16.1 Å². The van der Waals surface area contributed by atoms with E-state index in [1.54, 1.807) is 22.0 Å². The number of nitrogen functional groups attached to an aromatic ring is 1. The maximum Gasteiger partial charge on any atom is 0.416 e. The zero-order valence-corrected chi connectivity index (χ0v) is 23.2. The number of nitrogens with two attached hydrogens (primary N) is 1. The Morgan fingerprint density at radius 2 is 1.70 bits per heavy atom. The number of hydrogen-bond acceptors (Lipinski definition) is 7. The Labute approximate surface area is 244 Å². The third-order valence-electron chi connectivity index (χ3n) is 7.52. The molecule has 4 N–H and O–H groups in total. The van der Waals surface area contributed by atoms with E-state index in [2.05, 4.69) is 5.43 Å². The van der Waals surface area contributed by atoms with Crippen molar-refractivity contribution < 1.29 is 22.9 Å². The highest BCUT2D eigenvalue weighted by atomic mass is 19.4. The van der Waals surface area contributed by atoms with E-state index < -0.39 is 22.4 Å². The van der Waals surface area contributed by atoms with Crippen molar-refractivity contribution in [1.29, 1.82) is 5.41 Å². The minimum Gasteiger partial charge on any atom is -0.384 e. The van der Waals surface area contributed by atoms with E-state index >= 15 is 0 Å². The van der Waals surface area contributed by atoms with Gasteiger partial charge in [0.15, 0.2) is 0 Å². The van der Waals surface area contributed by atoms with Crippen LogP contribution in [0.5, 0.6) is 0 Å². The molecule has 1 amide bonds. The molecular formula is C29H29F3N8O3. The van der Waals surface area contributed by atoms with Crippen LogP contribution in [-0.2, 0) is 26.1 Å². The highest BCUT2D eigenvalue weighted by Crippen LogP contribution is 2.36. The number of rotatable bonds is 8. The number of nitro benzene ring substituents is 1. The van der Waals surface area contributed by atoms with Gasteiger partial charge in [-0.05, 0) is 42.3 Å². The van der Waals surface area contributed by atoms with Crippen LogP contribution >= 0.6 is 0 Å². The summed E-state index contributed by atoms with van der Waals surface area (Å²) < 4.78 is 41.2. The number of hydrazine groups is 1. The average Bonchev–Trinajstić information content (AvgIpc) is 3.30. The Balaban J connectivity index is 1.21. The molecule has 0 bridgehead atoms. The van der Waals surface area contributed by atoms with Crippen molar-refractivity contribution in [2.24, 2.45) is 12.8 Å². The maximum atomic E-state index is 13.1. The van der Waals surface area contributed by atoms with E-state index in [9.17, 15) is 28.1 Å². The lowest BCUT2D eigenvalue weighted by atomic mass is 10.1. The number of halogens is 3. The van der Waals surface area contributed by atoms with Crippen molar-refractivity contribution in [2.75, 3.05) is 31.1 Å². The number of carbonyl (C=O) groups excluding carboxylic acids is 1. The van der Waals surface area contributed by atoms with Crippen molar-refractivity contribution in [3.8, 4) is 0 Å². The highest BCUT2D eigenvalue weighted by Gasteiger charge is 2.34. The number of nitro groups is 1. The van der Waals surface area contributed by atoms with Crippen molar-refractivity contribution in [2.45, 2.75) is 19.0 Å². The normalized spacial score (nSPS) is 14.2. The Morgan fingerprint density at radius 3 is 2.33 bits per heavy atom. The number of amides is 1. The highest BCUT2D eigenvalue weighted by molar-refractivity contribution is 5.97. The van der Waals surface area contributed by atoms with Crippen molar-refractivity contribution in [1.82, 2.24) is 20.0 Å². The zero-order chi connectivity index (χ0) is 30.9. The molecule has 5 rings (SSSR count). The monoisotopic (exact) mass is 594 g/mol. The molecule has 0 saturated carbocycles. The van der Waals surface area contributed by atoms with Gasteiger partial charge in [-0.25, -0.2) is 9.99 Å². The summed E-state index contributed by atoms with van der Waals surface area (Å²) in [6.07, 6.45) is -3.27. The first-order valence-corrected chi connectivity index (χ1v) is 13.5. The Bertz CT molecular complexity index is 1690. The van der Waals surface area contributed by atoms with Gasteiger partial charge >= 0.3 is 6.18 Å². The number of fused-ring (bicyclic) bond motifs is 1. The van der Waals surface area contributed by atoms with Crippen LogP contribution in [0.15, 0.2) is 60.7 Å². The van der Waals surface area contributed by atoms with Crippen LogP contribution in [0.3, 0.4) is 0 Å². The first-order chi connectivity index (χ1) is 20.4. The zero-order valence-electron chi connectivity index (χ0n) is 23.2. The van der Waals surface area contributed by atoms with Crippen molar-refractivity contribution >= 4 is 34.2 Å². The predicted molar refractivity (Wildman–Crippen MR) is 155 cm³/mol. The second-order valence-corrected chi connectivity index (χ2v) is 10.3. The predicted octanol–water partition coefficient (Wildman–Crippen LogP) is 4.04. The summed E-state index contributed by atoms with van der Waals surface area (Å²) in [5, 5.41) is 20.7. The number of anilines is 1. The first-order valence-electron chi connectivity index (χ1n) is 13.5. The second kappa shape index (κ2) is 11.7. The van der Waals surface area contributed by atoms with Gasteiger partial charge in [-0.15, -0.1) is 0 Å². The lowest BCUT2D eigenvalue weighted by Gasteiger charge is -2.35. The number of aromatic nitrogens is 2.